The van der Waals surface area contributed by atoms with Crippen LogP contribution in [0.3, 0.4) is 0 Å². The fraction of sp³-hybridized carbons (Fsp3) is 0.286. The molecule has 1 aromatic carbocycles. The zero-order valence-electron chi connectivity index (χ0n) is 10.2. The van der Waals surface area contributed by atoms with Crippen molar-refractivity contribution in [2.75, 3.05) is 6.61 Å². The Hall–Kier alpha value is -2.10. The van der Waals surface area contributed by atoms with Crippen LogP contribution in [0.25, 0.3) is 0 Å². The van der Waals surface area contributed by atoms with Gasteiger partial charge >= 0.3 is 0 Å². The van der Waals surface area contributed by atoms with Gasteiger partial charge in [0.15, 0.2) is 0 Å². The molecular weight excluding hydrogens is 228 g/mol. The average molecular weight is 242 g/mol. The number of rotatable bonds is 2. The van der Waals surface area contributed by atoms with Gasteiger partial charge < -0.3 is 9.30 Å². The fourth-order valence-electron chi connectivity index (χ4n) is 2.24. The largest absolute Gasteiger partial charge is 0.493 e. The summed E-state index contributed by atoms with van der Waals surface area (Å²) >= 11 is 0. The first-order valence-corrected chi connectivity index (χ1v) is 6.03. The van der Waals surface area contributed by atoms with E-state index in [1.54, 1.807) is 23.2 Å². The van der Waals surface area contributed by atoms with Gasteiger partial charge in [0.05, 0.1) is 18.5 Å². The number of ether oxygens (including phenoxy) is 1. The molecule has 0 bridgehead atoms. The van der Waals surface area contributed by atoms with Crippen LogP contribution in [0.15, 0.2) is 30.7 Å². The number of nitrogens with zero attached hydrogens (tertiary/aromatic N) is 2. The lowest BCUT2D eigenvalue weighted by atomic mass is 9.99. The quantitative estimate of drug-likeness (QED) is 0.756. The van der Waals surface area contributed by atoms with Gasteiger partial charge in [-0.05, 0) is 24.5 Å². The van der Waals surface area contributed by atoms with Gasteiger partial charge in [-0.15, -0.1) is 0 Å². The van der Waals surface area contributed by atoms with Crippen LogP contribution in [0.2, 0.25) is 0 Å². The molecule has 2 aromatic rings. The average Bonchev–Trinajstić information content (AvgIpc) is 2.84. The summed E-state index contributed by atoms with van der Waals surface area (Å²) in [6.07, 6.45) is 5.33. The Balaban J connectivity index is 2.04. The van der Waals surface area contributed by atoms with Crippen molar-refractivity contribution in [2.24, 2.45) is 7.05 Å². The third-order valence-corrected chi connectivity index (χ3v) is 3.12. The number of hydrogen-bond acceptors (Lipinski definition) is 3. The molecule has 0 saturated heterocycles. The summed E-state index contributed by atoms with van der Waals surface area (Å²) in [5.41, 5.74) is 2.19. The molecule has 0 unspecified atom stereocenters. The molecule has 0 saturated carbocycles. The molecule has 0 fully saturated rings. The Kier molecular flexibility index (Phi) is 2.63. The summed E-state index contributed by atoms with van der Waals surface area (Å²) in [4.78, 5) is 16.5. The van der Waals surface area contributed by atoms with Crippen LogP contribution >= 0.6 is 0 Å². The maximum Gasteiger partial charge on any atom is 0.216 e. The van der Waals surface area contributed by atoms with E-state index in [0.717, 1.165) is 24.2 Å². The van der Waals surface area contributed by atoms with E-state index in [1.807, 2.05) is 19.2 Å². The summed E-state index contributed by atoms with van der Waals surface area (Å²) in [5.74, 6) is 0.661. The summed E-state index contributed by atoms with van der Waals surface area (Å²) in [6, 6.07) is 5.73. The van der Waals surface area contributed by atoms with Crippen molar-refractivity contribution in [1.29, 1.82) is 0 Å². The first-order chi connectivity index (χ1) is 8.75. The monoisotopic (exact) mass is 242 g/mol. The van der Waals surface area contributed by atoms with Gasteiger partial charge in [-0.3, -0.25) is 4.79 Å². The molecule has 18 heavy (non-hydrogen) atoms. The Morgan fingerprint density at radius 3 is 3.11 bits per heavy atom. The van der Waals surface area contributed by atoms with E-state index in [9.17, 15) is 4.79 Å². The van der Waals surface area contributed by atoms with Crippen molar-refractivity contribution in [3.63, 3.8) is 0 Å². The maximum atomic E-state index is 12.4. The van der Waals surface area contributed by atoms with Crippen LogP contribution in [0.4, 0.5) is 0 Å². The van der Waals surface area contributed by atoms with Crippen LogP contribution in [0.5, 0.6) is 5.75 Å². The fourth-order valence-corrected chi connectivity index (χ4v) is 2.24. The molecule has 1 aliphatic heterocycles. The van der Waals surface area contributed by atoms with Crippen molar-refractivity contribution in [3.05, 3.63) is 47.5 Å². The van der Waals surface area contributed by atoms with Crippen LogP contribution in [0.1, 0.15) is 28.0 Å². The number of imidazole rings is 1. The zero-order chi connectivity index (χ0) is 12.5. The molecule has 1 aromatic heterocycles. The Morgan fingerprint density at radius 2 is 2.33 bits per heavy atom. The van der Waals surface area contributed by atoms with Crippen LogP contribution in [-0.2, 0) is 13.5 Å². The van der Waals surface area contributed by atoms with E-state index in [-0.39, 0.29) is 5.78 Å². The molecule has 0 aliphatic carbocycles. The molecule has 4 heteroatoms. The molecule has 3 rings (SSSR count). The number of hydrogen-bond donors (Lipinski definition) is 0. The number of fused-ring (bicyclic) bond motifs is 1. The first-order valence-electron chi connectivity index (χ1n) is 6.03. The van der Waals surface area contributed by atoms with Crippen LogP contribution in [-0.4, -0.2) is 21.9 Å². The second kappa shape index (κ2) is 4.29. The highest BCUT2D eigenvalue weighted by atomic mass is 16.5. The highest BCUT2D eigenvalue weighted by Crippen LogP contribution is 2.30. The summed E-state index contributed by atoms with van der Waals surface area (Å²) < 4.78 is 7.42. The number of carbonyl (C=O) groups is 1. The van der Waals surface area contributed by atoms with Crippen molar-refractivity contribution in [2.45, 2.75) is 12.8 Å². The number of aryl methyl sites for hydroxylation is 2. The highest BCUT2D eigenvalue weighted by Gasteiger charge is 2.21. The number of ketones is 1. The molecular formula is C14H14N2O2. The first kappa shape index (κ1) is 11.0. The van der Waals surface area contributed by atoms with E-state index in [0.29, 0.717) is 17.9 Å². The summed E-state index contributed by atoms with van der Waals surface area (Å²) in [5, 5.41) is 0. The predicted octanol–water partition coefficient (Wildman–Crippen LogP) is 1.98. The number of carbonyl (C=O) groups excluding carboxylic acids is 1. The standard InChI is InChI=1S/C14H14N2O2/c1-16-8-12(15-9-16)13(17)11-6-2-4-10-5-3-7-18-14(10)11/h2,4,6,8-9H,3,5,7H2,1H3. The van der Waals surface area contributed by atoms with Crippen molar-refractivity contribution in [3.8, 4) is 5.75 Å². The molecule has 0 amide bonds. The lowest BCUT2D eigenvalue weighted by molar-refractivity contribution is 0.103. The molecule has 92 valence electrons. The topological polar surface area (TPSA) is 44.1 Å². The number of benzene rings is 1. The van der Waals surface area contributed by atoms with Gasteiger partial charge in [-0.2, -0.15) is 0 Å². The van der Waals surface area contributed by atoms with Crippen LogP contribution in [0, 0.1) is 0 Å². The number of para-hydroxylation sites is 1. The Bertz CT molecular complexity index is 602. The summed E-state index contributed by atoms with van der Waals surface area (Å²) in [7, 11) is 1.85. The minimum absolute atomic E-state index is 0.0747. The third kappa shape index (κ3) is 1.79. The van der Waals surface area contributed by atoms with E-state index < -0.39 is 0 Å². The third-order valence-electron chi connectivity index (χ3n) is 3.12. The minimum Gasteiger partial charge on any atom is -0.493 e. The molecule has 0 radical (unpaired) electrons. The van der Waals surface area contributed by atoms with E-state index in [1.165, 1.54) is 0 Å². The van der Waals surface area contributed by atoms with Crippen molar-refractivity contribution < 1.29 is 9.53 Å². The van der Waals surface area contributed by atoms with E-state index >= 15 is 0 Å². The van der Waals surface area contributed by atoms with Gasteiger partial charge in [-0.1, -0.05) is 12.1 Å². The van der Waals surface area contributed by atoms with Crippen molar-refractivity contribution >= 4 is 5.78 Å². The van der Waals surface area contributed by atoms with Gasteiger partial charge in [0, 0.05) is 13.2 Å². The van der Waals surface area contributed by atoms with Crippen molar-refractivity contribution in [1.82, 2.24) is 9.55 Å². The van der Waals surface area contributed by atoms with Gasteiger partial charge in [0.2, 0.25) is 5.78 Å². The zero-order valence-corrected chi connectivity index (χ0v) is 10.2. The minimum atomic E-state index is -0.0747. The SMILES string of the molecule is Cn1cnc(C(=O)c2cccc3c2OCCC3)c1. The highest BCUT2D eigenvalue weighted by molar-refractivity contribution is 6.09. The number of aromatic nitrogens is 2. The summed E-state index contributed by atoms with van der Waals surface area (Å²) in [6.45, 7) is 0.680. The smallest absolute Gasteiger partial charge is 0.216 e. The lowest BCUT2D eigenvalue weighted by Crippen LogP contribution is -2.13. The second-order valence-corrected chi connectivity index (χ2v) is 4.50. The van der Waals surface area contributed by atoms with Gasteiger partial charge in [0.25, 0.3) is 0 Å². The Morgan fingerprint density at radius 1 is 1.44 bits per heavy atom. The molecule has 0 atom stereocenters. The van der Waals surface area contributed by atoms with Gasteiger partial charge in [0.1, 0.15) is 11.4 Å². The molecule has 1 aliphatic rings. The van der Waals surface area contributed by atoms with Gasteiger partial charge in [-0.25, -0.2) is 4.98 Å². The molecule has 0 spiro atoms. The Labute approximate surface area is 105 Å². The molecule has 4 nitrogen and oxygen atoms in total. The second-order valence-electron chi connectivity index (χ2n) is 4.50. The maximum absolute atomic E-state index is 12.4. The molecule has 0 N–H and O–H groups in total. The van der Waals surface area contributed by atoms with E-state index in [4.69, 9.17) is 4.74 Å². The normalized spacial score (nSPS) is 13.8. The van der Waals surface area contributed by atoms with Crippen LogP contribution < -0.4 is 4.74 Å². The molecule has 2 heterocycles. The predicted molar refractivity (Wildman–Crippen MR) is 66.9 cm³/mol. The van der Waals surface area contributed by atoms with E-state index in [2.05, 4.69) is 4.98 Å². The lowest BCUT2D eigenvalue weighted by Gasteiger charge is -2.19.